The van der Waals surface area contributed by atoms with E-state index in [1.54, 1.807) is 43.6 Å². The molecule has 10 heteroatoms. The van der Waals surface area contributed by atoms with Crippen molar-refractivity contribution in [3.63, 3.8) is 0 Å². The van der Waals surface area contributed by atoms with Crippen LogP contribution in [0.3, 0.4) is 0 Å². The topological polar surface area (TPSA) is 143 Å². The molecule has 3 N–H and O–H groups in total. The molecule has 1 aliphatic rings. The highest BCUT2D eigenvalue weighted by Gasteiger charge is 2.36. The fourth-order valence-corrected chi connectivity index (χ4v) is 7.06. The van der Waals surface area contributed by atoms with Gasteiger partial charge in [-0.25, -0.2) is 8.42 Å². The molecular formula is C24H28N4O4S2. The molecule has 3 atom stereocenters. The van der Waals surface area contributed by atoms with Gasteiger partial charge in [-0.3, -0.25) is 14.6 Å². The van der Waals surface area contributed by atoms with Crippen molar-refractivity contribution in [2.75, 3.05) is 12.3 Å². The van der Waals surface area contributed by atoms with Crippen molar-refractivity contribution < 1.29 is 18.0 Å². The van der Waals surface area contributed by atoms with Gasteiger partial charge in [0.05, 0.1) is 16.7 Å². The summed E-state index contributed by atoms with van der Waals surface area (Å²) in [6, 6.07) is 11.7. The van der Waals surface area contributed by atoms with Gasteiger partial charge in [0.25, 0.3) is 0 Å². The van der Waals surface area contributed by atoms with Gasteiger partial charge >= 0.3 is 0 Å². The first kappa shape index (κ1) is 25.7. The Balaban J connectivity index is 1.76. The smallest absolute Gasteiger partial charge is 0.238 e. The van der Waals surface area contributed by atoms with Crippen molar-refractivity contribution in [1.29, 1.82) is 5.26 Å². The fraction of sp³-hybridized carbons (Fsp3) is 0.417. The number of nitrogens with two attached hydrogens (primary N) is 1. The molecule has 8 nitrogen and oxygen atoms in total. The third kappa shape index (κ3) is 5.96. The molecule has 1 aromatic heterocycles. The number of amides is 2. The van der Waals surface area contributed by atoms with Crippen molar-refractivity contribution in [2.24, 2.45) is 17.6 Å². The van der Waals surface area contributed by atoms with Crippen LogP contribution in [0.4, 0.5) is 0 Å². The summed E-state index contributed by atoms with van der Waals surface area (Å²) >= 11 is 1.24. The second-order valence-corrected chi connectivity index (χ2v) is 12.0. The molecule has 1 saturated carbocycles. The van der Waals surface area contributed by atoms with Crippen LogP contribution in [0.15, 0.2) is 58.6 Å². The van der Waals surface area contributed by atoms with Crippen LogP contribution < -0.4 is 11.1 Å². The quantitative estimate of drug-likeness (QED) is 0.398. The number of thioether (sulfide) groups is 1. The number of nitrogens with one attached hydrogen (secondary N) is 1. The summed E-state index contributed by atoms with van der Waals surface area (Å²) in [5.41, 5.74) is 6.40. The summed E-state index contributed by atoms with van der Waals surface area (Å²) in [5.74, 6) is -1.60. The predicted molar refractivity (Wildman–Crippen MR) is 129 cm³/mol. The van der Waals surface area contributed by atoms with Crippen LogP contribution in [0, 0.1) is 23.2 Å². The lowest BCUT2D eigenvalue weighted by molar-refractivity contribution is -0.127. The number of rotatable bonds is 9. The lowest BCUT2D eigenvalue weighted by atomic mass is 9.80. The molecule has 0 aliphatic heterocycles. The molecule has 3 rings (SSSR count). The minimum absolute atomic E-state index is 0.0857. The Morgan fingerprint density at radius 3 is 2.44 bits per heavy atom. The predicted octanol–water partition coefficient (Wildman–Crippen LogP) is 2.79. The van der Waals surface area contributed by atoms with Crippen molar-refractivity contribution in [1.82, 2.24) is 10.3 Å². The van der Waals surface area contributed by atoms with Crippen LogP contribution in [0.25, 0.3) is 0 Å². The largest absolute Gasteiger partial charge is 0.368 e. The molecular weight excluding hydrogens is 472 g/mol. The first-order valence-electron chi connectivity index (χ1n) is 11.0. The summed E-state index contributed by atoms with van der Waals surface area (Å²) in [7, 11) is -3.63. The molecule has 1 heterocycles. The van der Waals surface area contributed by atoms with Crippen molar-refractivity contribution in [2.45, 2.75) is 47.1 Å². The van der Waals surface area contributed by atoms with Gasteiger partial charge in [-0.15, -0.1) is 11.8 Å². The van der Waals surface area contributed by atoms with E-state index >= 15 is 0 Å². The summed E-state index contributed by atoms with van der Waals surface area (Å²) in [6.07, 6.45) is 6.19. The molecule has 0 spiro atoms. The minimum atomic E-state index is -3.63. The number of primary amides is 1. The Labute approximate surface area is 204 Å². The average Bonchev–Trinajstić information content (AvgIpc) is 2.83. The molecule has 2 amide bonds. The summed E-state index contributed by atoms with van der Waals surface area (Å²) in [4.78, 5) is 29.5. The molecule has 0 radical (unpaired) electrons. The van der Waals surface area contributed by atoms with E-state index < -0.39 is 26.4 Å². The van der Waals surface area contributed by atoms with E-state index in [9.17, 15) is 18.0 Å². The number of sulfone groups is 1. The molecule has 34 heavy (non-hydrogen) atoms. The molecule has 2 aromatic rings. The number of hydrogen-bond donors (Lipinski definition) is 2. The Kier molecular flexibility index (Phi) is 8.33. The second-order valence-electron chi connectivity index (χ2n) is 8.52. The van der Waals surface area contributed by atoms with Crippen LogP contribution in [0.2, 0.25) is 0 Å². The first-order chi connectivity index (χ1) is 16.2. The van der Waals surface area contributed by atoms with Crippen LogP contribution in [-0.4, -0.2) is 37.5 Å². The fourth-order valence-electron chi connectivity index (χ4n) is 4.26. The van der Waals surface area contributed by atoms with Crippen LogP contribution in [0.5, 0.6) is 0 Å². The van der Waals surface area contributed by atoms with Gasteiger partial charge in [-0.05, 0) is 67.6 Å². The SMILES string of the molecule is CC(Sc1ccc(S(=O)(=O)C[C@H]2CCCC[C@@H]2C(=O)NCC#N)cc1)(C(N)=O)c1ccncc1. The molecule has 1 aliphatic carbocycles. The highest BCUT2D eigenvalue weighted by atomic mass is 32.2. The van der Waals surface area contributed by atoms with E-state index in [2.05, 4.69) is 10.3 Å². The lowest BCUT2D eigenvalue weighted by Gasteiger charge is -2.30. The number of pyridine rings is 1. The van der Waals surface area contributed by atoms with Crippen molar-refractivity contribution >= 4 is 33.4 Å². The van der Waals surface area contributed by atoms with Gasteiger partial charge in [-0.1, -0.05) is 12.8 Å². The van der Waals surface area contributed by atoms with E-state index in [4.69, 9.17) is 11.0 Å². The molecule has 0 bridgehead atoms. The zero-order valence-corrected chi connectivity index (χ0v) is 20.6. The summed E-state index contributed by atoms with van der Waals surface area (Å²) < 4.78 is 25.2. The summed E-state index contributed by atoms with van der Waals surface area (Å²) in [6.45, 7) is 1.64. The number of carbonyl (C=O) groups is 2. The minimum Gasteiger partial charge on any atom is -0.368 e. The van der Waals surface area contributed by atoms with Gasteiger partial charge < -0.3 is 11.1 Å². The maximum atomic E-state index is 13.1. The number of hydrogen-bond acceptors (Lipinski definition) is 7. The van der Waals surface area contributed by atoms with E-state index in [-0.39, 0.29) is 29.0 Å². The lowest BCUT2D eigenvalue weighted by Crippen LogP contribution is -2.39. The van der Waals surface area contributed by atoms with Gasteiger partial charge in [0.15, 0.2) is 9.84 Å². The van der Waals surface area contributed by atoms with Crippen LogP contribution in [0.1, 0.15) is 38.2 Å². The third-order valence-electron chi connectivity index (χ3n) is 6.23. The second kappa shape index (κ2) is 11.0. The number of benzene rings is 1. The molecule has 180 valence electrons. The highest BCUT2D eigenvalue weighted by Crippen LogP contribution is 2.41. The Morgan fingerprint density at radius 2 is 1.82 bits per heavy atom. The zero-order chi connectivity index (χ0) is 24.8. The molecule has 1 unspecified atom stereocenters. The van der Waals surface area contributed by atoms with Crippen molar-refractivity contribution in [3.8, 4) is 6.07 Å². The number of nitriles is 1. The van der Waals surface area contributed by atoms with Gasteiger partial charge in [0.2, 0.25) is 11.8 Å². The average molecular weight is 501 g/mol. The molecule has 0 saturated heterocycles. The van der Waals surface area contributed by atoms with E-state index in [0.717, 1.165) is 12.8 Å². The Hall–Kier alpha value is -2.90. The van der Waals surface area contributed by atoms with Crippen LogP contribution >= 0.6 is 11.8 Å². The maximum absolute atomic E-state index is 13.1. The van der Waals surface area contributed by atoms with Crippen LogP contribution in [-0.2, 0) is 24.2 Å². The van der Waals surface area contributed by atoms with Gasteiger partial charge in [0, 0.05) is 23.2 Å². The zero-order valence-electron chi connectivity index (χ0n) is 18.9. The first-order valence-corrected chi connectivity index (χ1v) is 13.5. The highest BCUT2D eigenvalue weighted by molar-refractivity contribution is 8.01. The molecule has 1 fully saturated rings. The van der Waals surface area contributed by atoms with E-state index in [1.807, 2.05) is 6.07 Å². The number of nitrogens with zero attached hydrogens (tertiary/aromatic N) is 2. The van der Waals surface area contributed by atoms with Crippen molar-refractivity contribution in [3.05, 3.63) is 54.4 Å². The standard InChI is InChI=1S/C24H28N4O4S2/c1-24(23(26)30,18-10-13-27-14-11-18)33-19-6-8-20(9-7-19)34(31,32)16-17-4-2-3-5-21(17)22(29)28-15-12-25/h6-11,13-14,17,21H,2-5,15-16H2,1H3,(H2,26,30)(H,28,29)/t17-,21+,24?/m1/s1. The van der Waals surface area contributed by atoms with E-state index in [1.165, 1.54) is 23.9 Å². The maximum Gasteiger partial charge on any atom is 0.238 e. The normalized spacial score (nSPS) is 20.0. The van der Waals surface area contributed by atoms with E-state index in [0.29, 0.717) is 23.3 Å². The Bertz CT molecular complexity index is 1160. The van der Waals surface area contributed by atoms with Gasteiger partial charge in [-0.2, -0.15) is 5.26 Å². The number of aromatic nitrogens is 1. The summed E-state index contributed by atoms with van der Waals surface area (Å²) in [5, 5.41) is 11.3. The third-order valence-corrected chi connectivity index (χ3v) is 9.44. The Morgan fingerprint density at radius 1 is 1.18 bits per heavy atom. The number of carbonyl (C=O) groups excluding carboxylic acids is 2. The molecule has 1 aromatic carbocycles. The monoisotopic (exact) mass is 500 g/mol. The van der Waals surface area contributed by atoms with Gasteiger partial charge in [0.1, 0.15) is 11.3 Å².